The van der Waals surface area contributed by atoms with Gasteiger partial charge in [0.25, 0.3) is 0 Å². The second-order valence-corrected chi connectivity index (χ2v) is 8.71. The summed E-state index contributed by atoms with van der Waals surface area (Å²) >= 11 is 0. The molecular formula is C22H33N3O2. The molecule has 27 heavy (non-hydrogen) atoms. The van der Waals surface area contributed by atoms with Gasteiger partial charge in [-0.3, -0.25) is 9.59 Å². The third kappa shape index (κ3) is 4.34. The van der Waals surface area contributed by atoms with E-state index in [9.17, 15) is 9.59 Å². The third-order valence-corrected chi connectivity index (χ3v) is 6.46. The Morgan fingerprint density at radius 3 is 2.22 bits per heavy atom. The SMILES string of the molecule is Cc1cc(C)c(NC(=O)CN(C)C(=O)C2CC3CCCC(C2)C3N)c(C)c1. The number of hydrogen-bond acceptors (Lipinski definition) is 3. The van der Waals surface area contributed by atoms with Crippen LogP contribution in [0.25, 0.3) is 0 Å². The van der Waals surface area contributed by atoms with Gasteiger partial charge >= 0.3 is 0 Å². The maximum absolute atomic E-state index is 12.9. The lowest BCUT2D eigenvalue weighted by molar-refractivity contribution is -0.139. The molecule has 2 aliphatic carbocycles. The largest absolute Gasteiger partial charge is 0.336 e. The van der Waals surface area contributed by atoms with Crippen LogP contribution in [-0.2, 0) is 9.59 Å². The van der Waals surface area contributed by atoms with E-state index in [0.717, 1.165) is 42.5 Å². The molecule has 3 rings (SSSR count). The molecule has 2 bridgehead atoms. The van der Waals surface area contributed by atoms with Gasteiger partial charge in [-0.05, 0) is 69.4 Å². The topological polar surface area (TPSA) is 75.4 Å². The molecule has 0 aromatic heterocycles. The number of amides is 2. The number of nitrogens with one attached hydrogen (secondary N) is 1. The van der Waals surface area contributed by atoms with Crippen molar-refractivity contribution in [2.45, 2.75) is 58.9 Å². The summed E-state index contributed by atoms with van der Waals surface area (Å²) in [6.45, 7) is 6.12. The van der Waals surface area contributed by atoms with Crippen LogP contribution in [0.2, 0.25) is 0 Å². The standard InChI is InChI=1S/C22H33N3O2/c1-13-8-14(2)21(15(3)9-13)24-19(26)12-25(4)22(27)18-10-16-6-5-7-17(11-18)20(16)23/h8-9,16-18,20H,5-7,10-12,23H2,1-4H3,(H,24,26). The smallest absolute Gasteiger partial charge is 0.243 e. The number of hydrogen-bond donors (Lipinski definition) is 2. The summed E-state index contributed by atoms with van der Waals surface area (Å²) in [6, 6.07) is 4.37. The van der Waals surface area contributed by atoms with Crippen LogP contribution in [-0.4, -0.2) is 36.3 Å². The summed E-state index contributed by atoms with van der Waals surface area (Å²) in [6.07, 6.45) is 5.25. The summed E-state index contributed by atoms with van der Waals surface area (Å²) < 4.78 is 0. The van der Waals surface area contributed by atoms with Crippen molar-refractivity contribution in [2.75, 3.05) is 18.9 Å². The van der Waals surface area contributed by atoms with Crippen LogP contribution in [0.1, 0.15) is 48.8 Å². The number of carbonyl (C=O) groups excluding carboxylic acids is 2. The van der Waals surface area contributed by atoms with E-state index in [1.54, 1.807) is 11.9 Å². The van der Waals surface area contributed by atoms with E-state index in [2.05, 4.69) is 17.4 Å². The lowest BCUT2D eigenvalue weighted by Crippen LogP contribution is -2.50. The van der Waals surface area contributed by atoms with Crippen LogP contribution in [0.3, 0.4) is 0 Å². The molecule has 2 unspecified atom stereocenters. The van der Waals surface area contributed by atoms with E-state index in [4.69, 9.17) is 5.73 Å². The number of nitrogens with zero attached hydrogens (tertiary/aromatic N) is 1. The van der Waals surface area contributed by atoms with Gasteiger partial charge in [0.1, 0.15) is 0 Å². The van der Waals surface area contributed by atoms with Gasteiger partial charge in [0, 0.05) is 24.7 Å². The Kier molecular flexibility index (Phi) is 5.89. The highest BCUT2D eigenvalue weighted by Gasteiger charge is 2.41. The van der Waals surface area contributed by atoms with Crippen molar-refractivity contribution in [2.24, 2.45) is 23.5 Å². The van der Waals surface area contributed by atoms with Crippen LogP contribution in [0, 0.1) is 38.5 Å². The zero-order chi connectivity index (χ0) is 19.7. The van der Waals surface area contributed by atoms with E-state index in [0.29, 0.717) is 11.8 Å². The van der Waals surface area contributed by atoms with E-state index >= 15 is 0 Å². The molecule has 0 radical (unpaired) electrons. The Balaban J connectivity index is 1.59. The van der Waals surface area contributed by atoms with Gasteiger partial charge in [-0.1, -0.05) is 24.1 Å². The van der Waals surface area contributed by atoms with Crippen LogP contribution < -0.4 is 11.1 Å². The van der Waals surface area contributed by atoms with Crippen molar-refractivity contribution in [1.29, 1.82) is 0 Å². The molecule has 0 aliphatic heterocycles. The van der Waals surface area contributed by atoms with Gasteiger partial charge in [0.05, 0.1) is 6.54 Å². The average Bonchev–Trinajstić information content (AvgIpc) is 2.57. The second kappa shape index (κ2) is 8.01. The molecule has 2 aliphatic rings. The average molecular weight is 372 g/mol. The minimum atomic E-state index is -0.145. The molecule has 2 fully saturated rings. The summed E-state index contributed by atoms with van der Waals surface area (Å²) in [4.78, 5) is 27.0. The van der Waals surface area contributed by atoms with Gasteiger partial charge in [0.2, 0.25) is 11.8 Å². The molecule has 0 saturated heterocycles. The molecule has 5 nitrogen and oxygen atoms in total. The molecule has 5 heteroatoms. The Morgan fingerprint density at radius 1 is 1.11 bits per heavy atom. The summed E-state index contributed by atoms with van der Waals surface area (Å²) in [7, 11) is 1.74. The van der Waals surface area contributed by atoms with Gasteiger partial charge < -0.3 is 16.0 Å². The number of fused-ring (bicyclic) bond motifs is 2. The Bertz CT molecular complexity index is 693. The van der Waals surface area contributed by atoms with Gasteiger partial charge in [-0.2, -0.15) is 0 Å². The predicted molar refractivity (Wildman–Crippen MR) is 108 cm³/mol. The maximum Gasteiger partial charge on any atom is 0.243 e. The van der Waals surface area contributed by atoms with Crippen LogP contribution in [0.4, 0.5) is 5.69 Å². The van der Waals surface area contributed by atoms with Crippen molar-refractivity contribution in [3.8, 4) is 0 Å². The zero-order valence-electron chi connectivity index (χ0n) is 17.0. The van der Waals surface area contributed by atoms with E-state index in [1.165, 1.54) is 12.0 Å². The van der Waals surface area contributed by atoms with Crippen molar-refractivity contribution in [3.63, 3.8) is 0 Å². The van der Waals surface area contributed by atoms with Crippen molar-refractivity contribution in [3.05, 3.63) is 28.8 Å². The highest BCUT2D eigenvalue weighted by molar-refractivity contribution is 5.96. The summed E-state index contributed by atoms with van der Waals surface area (Å²) in [5, 5.41) is 2.99. The number of nitrogens with two attached hydrogens (primary N) is 1. The summed E-state index contributed by atoms with van der Waals surface area (Å²) in [5.41, 5.74) is 10.5. The number of likely N-dealkylation sites (N-methyl/N-ethyl adjacent to an activating group) is 1. The fourth-order valence-corrected chi connectivity index (χ4v) is 5.15. The minimum absolute atomic E-state index is 0.0146. The van der Waals surface area contributed by atoms with Crippen molar-refractivity contribution >= 4 is 17.5 Å². The lowest BCUT2D eigenvalue weighted by Gasteiger charge is -2.44. The second-order valence-electron chi connectivity index (χ2n) is 8.71. The Morgan fingerprint density at radius 2 is 1.67 bits per heavy atom. The quantitative estimate of drug-likeness (QED) is 0.854. The molecule has 148 valence electrons. The van der Waals surface area contributed by atoms with Crippen LogP contribution >= 0.6 is 0 Å². The molecule has 1 aromatic rings. The highest BCUT2D eigenvalue weighted by Crippen LogP contribution is 2.42. The van der Waals surface area contributed by atoms with Gasteiger partial charge in [-0.15, -0.1) is 0 Å². The van der Waals surface area contributed by atoms with Gasteiger partial charge in [-0.25, -0.2) is 0 Å². The molecular weight excluding hydrogens is 338 g/mol. The highest BCUT2D eigenvalue weighted by atomic mass is 16.2. The molecule has 2 atom stereocenters. The molecule has 3 N–H and O–H groups in total. The van der Waals surface area contributed by atoms with Crippen LogP contribution in [0.15, 0.2) is 12.1 Å². The molecule has 1 aromatic carbocycles. The number of rotatable bonds is 4. The number of benzene rings is 1. The van der Waals surface area contributed by atoms with Crippen LogP contribution in [0.5, 0.6) is 0 Å². The maximum atomic E-state index is 12.9. The van der Waals surface area contributed by atoms with E-state index in [1.807, 2.05) is 20.8 Å². The first-order chi connectivity index (χ1) is 12.8. The Hall–Kier alpha value is -1.88. The molecule has 0 spiro atoms. The normalized spacial score (nSPS) is 27.1. The third-order valence-electron chi connectivity index (χ3n) is 6.46. The van der Waals surface area contributed by atoms with E-state index < -0.39 is 0 Å². The number of carbonyl (C=O) groups is 2. The first kappa shape index (κ1) is 19.9. The lowest BCUT2D eigenvalue weighted by atomic mass is 9.65. The fourth-order valence-electron chi connectivity index (χ4n) is 5.15. The minimum Gasteiger partial charge on any atom is -0.336 e. The zero-order valence-corrected chi connectivity index (χ0v) is 17.0. The summed E-state index contributed by atoms with van der Waals surface area (Å²) in [5.74, 6) is 0.888. The Labute approximate surface area is 162 Å². The van der Waals surface area contributed by atoms with E-state index in [-0.39, 0.29) is 30.3 Å². The molecule has 2 saturated carbocycles. The number of aryl methyl sites for hydroxylation is 3. The monoisotopic (exact) mass is 371 g/mol. The van der Waals surface area contributed by atoms with Gasteiger partial charge in [0.15, 0.2) is 0 Å². The first-order valence-corrected chi connectivity index (χ1v) is 10.1. The predicted octanol–water partition coefficient (Wildman–Crippen LogP) is 3.16. The molecule has 2 amide bonds. The first-order valence-electron chi connectivity index (χ1n) is 10.1. The van der Waals surface area contributed by atoms with Crippen molar-refractivity contribution in [1.82, 2.24) is 4.90 Å². The fraction of sp³-hybridized carbons (Fsp3) is 0.636. The van der Waals surface area contributed by atoms with Crippen molar-refractivity contribution < 1.29 is 9.59 Å². The molecule has 0 heterocycles. The number of anilines is 1.